The van der Waals surface area contributed by atoms with Crippen LogP contribution in [-0.2, 0) is 0 Å². The minimum Gasteiger partial charge on any atom is -0.507 e. The SMILES string of the molecule is C=C/C(=N\NC)c1ccc(N)cc1O.C=CC. The highest BCUT2D eigenvalue weighted by atomic mass is 16.3. The van der Waals surface area contributed by atoms with Gasteiger partial charge >= 0.3 is 0 Å². The minimum absolute atomic E-state index is 0.0962. The van der Waals surface area contributed by atoms with Crippen molar-refractivity contribution in [1.29, 1.82) is 0 Å². The van der Waals surface area contributed by atoms with Gasteiger partial charge in [0.1, 0.15) is 5.75 Å². The Morgan fingerprint density at radius 3 is 2.47 bits per heavy atom. The van der Waals surface area contributed by atoms with Crippen LogP contribution in [0.2, 0.25) is 0 Å². The largest absolute Gasteiger partial charge is 0.507 e. The molecule has 0 bridgehead atoms. The van der Waals surface area contributed by atoms with Crippen molar-refractivity contribution in [2.24, 2.45) is 5.10 Å². The van der Waals surface area contributed by atoms with Gasteiger partial charge in [0, 0.05) is 24.4 Å². The Balaban J connectivity index is 0.000000770. The van der Waals surface area contributed by atoms with E-state index in [2.05, 4.69) is 23.7 Å². The van der Waals surface area contributed by atoms with Gasteiger partial charge in [-0.25, -0.2) is 0 Å². The van der Waals surface area contributed by atoms with Gasteiger partial charge < -0.3 is 16.3 Å². The Hall–Kier alpha value is -2.23. The first-order valence-electron chi connectivity index (χ1n) is 5.13. The van der Waals surface area contributed by atoms with Crippen molar-refractivity contribution < 1.29 is 5.11 Å². The second-order valence-electron chi connectivity index (χ2n) is 3.11. The van der Waals surface area contributed by atoms with Crippen molar-refractivity contribution in [1.82, 2.24) is 5.43 Å². The molecule has 0 aliphatic heterocycles. The third-order valence-corrected chi connectivity index (χ3v) is 1.72. The fraction of sp³-hybridized carbons (Fsp3) is 0.154. The van der Waals surface area contributed by atoms with E-state index in [0.717, 1.165) is 0 Å². The first-order valence-corrected chi connectivity index (χ1v) is 5.13. The summed E-state index contributed by atoms with van der Waals surface area (Å²) in [5.74, 6) is 0.0962. The molecule has 0 atom stereocenters. The van der Waals surface area contributed by atoms with Crippen LogP contribution in [0.3, 0.4) is 0 Å². The second-order valence-corrected chi connectivity index (χ2v) is 3.11. The zero-order valence-electron chi connectivity index (χ0n) is 10.3. The molecule has 4 heteroatoms. The molecule has 0 amide bonds. The number of hydrogen-bond acceptors (Lipinski definition) is 4. The van der Waals surface area contributed by atoms with E-state index < -0.39 is 0 Å². The van der Waals surface area contributed by atoms with Gasteiger partial charge in [0.2, 0.25) is 0 Å². The van der Waals surface area contributed by atoms with Gasteiger partial charge in [0.25, 0.3) is 0 Å². The fourth-order valence-corrected chi connectivity index (χ4v) is 1.10. The molecule has 0 saturated carbocycles. The predicted octanol–water partition coefficient (Wildman–Crippen LogP) is 2.28. The summed E-state index contributed by atoms with van der Waals surface area (Å²) in [4.78, 5) is 0. The van der Waals surface area contributed by atoms with Crippen molar-refractivity contribution in [2.75, 3.05) is 12.8 Å². The lowest BCUT2D eigenvalue weighted by molar-refractivity contribution is 0.474. The summed E-state index contributed by atoms with van der Waals surface area (Å²) in [5, 5.41) is 13.5. The number of allylic oxidation sites excluding steroid dienone is 2. The molecule has 1 rings (SSSR count). The highest BCUT2D eigenvalue weighted by molar-refractivity contribution is 6.10. The molecule has 0 fully saturated rings. The van der Waals surface area contributed by atoms with Crippen molar-refractivity contribution >= 4 is 11.4 Å². The van der Waals surface area contributed by atoms with Crippen molar-refractivity contribution in [2.45, 2.75) is 6.92 Å². The number of hydrazone groups is 1. The van der Waals surface area contributed by atoms with Crippen LogP contribution in [0, 0.1) is 0 Å². The third-order valence-electron chi connectivity index (χ3n) is 1.72. The van der Waals surface area contributed by atoms with Crippen molar-refractivity contribution in [3.8, 4) is 5.75 Å². The van der Waals surface area contributed by atoms with Gasteiger partial charge in [-0.2, -0.15) is 5.10 Å². The van der Waals surface area contributed by atoms with Gasteiger partial charge in [-0.15, -0.1) is 6.58 Å². The zero-order chi connectivity index (χ0) is 13.3. The average Bonchev–Trinajstić information content (AvgIpc) is 2.28. The number of nitrogens with zero attached hydrogens (tertiary/aromatic N) is 1. The first kappa shape index (κ1) is 14.8. The van der Waals surface area contributed by atoms with Crippen LogP contribution in [0.15, 0.2) is 48.6 Å². The summed E-state index contributed by atoms with van der Waals surface area (Å²) in [5.41, 5.74) is 9.82. The number of benzene rings is 1. The molecule has 0 spiro atoms. The summed E-state index contributed by atoms with van der Waals surface area (Å²) in [6, 6.07) is 4.87. The maximum absolute atomic E-state index is 9.58. The Bertz CT molecular complexity index is 411. The molecule has 0 heterocycles. The molecule has 1 aromatic rings. The monoisotopic (exact) mass is 233 g/mol. The summed E-state index contributed by atoms with van der Waals surface area (Å²) < 4.78 is 0. The standard InChI is InChI=1S/C10H13N3O.C3H6/c1-3-9(13-12-2)8-5-4-7(11)6-10(8)14;1-3-2/h3-6,12,14H,1,11H2,2H3;3H,1H2,2H3/b13-9+;. The van der Waals surface area contributed by atoms with E-state index in [1.54, 1.807) is 31.3 Å². The average molecular weight is 233 g/mol. The molecule has 17 heavy (non-hydrogen) atoms. The number of anilines is 1. The molecule has 0 radical (unpaired) electrons. The van der Waals surface area contributed by atoms with Crippen LogP contribution >= 0.6 is 0 Å². The first-order chi connectivity index (χ1) is 8.10. The molecule has 92 valence electrons. The van der Waals surface area contributed by atoms with Crippen LogP contribution in [-0.4, -0.2) is 17.9 Å². The van der Waals surface area contributed by atoms with Crippen LogP contribution in [0.5, 0.6) is 5.75 Å². The van der Waals surface area contributed by atoms with Gasteiger partial charge in [0.15, 0.2) is 0 Å². The second kappa shape index (κ2) is 7.98. The lowest BCUT2D eigenvalue weighted by atomic mass is 10.1. The number of nitrogens with one attached hydrogen (secondary N) is 1. The fourth-order valence-electron chi connectivity index (χ4n) is 1.10. The normalized spacial score (nSPS) is 9.88. The summed E-state index contributed by atoms with van der Waals surface area (Å²) in [6.45, 7) is 8.86. The summed E-state index contributed by atoms with van der Waals surface area (Å²) in [7, 11) is 1.68. The Kier molecular flexibility index (Phi) is 6.94. The highest BCUT2D eigenvalue weighted by Crippen LogP contribution is 2.20. The number of hydrogen-bond donors (Lipinski definition) is 3. The molecule has 4 nitrogen and oxygen atoms in total. The molecule has 0 saturated heterocycles. The molecule has 0 aromatic heterocycles. The molecular weight excluding hydrogens is 214 g/mol. The molecule has 0 aliphatic carbocycles. The molecular formula is C13H19N3O. The van der Waals surface area contributed by atoms with Crippen molar-refractivity contribution in [3.63, 3.8) is 0 Å². The topological polar surface area (TPSA) is 70.6 Å². The van der Waals surface area contributed by atoms with Gasteiger partial charge in [0.05, 0.1) is 5.71 Å². The van der Waals surface area contributed by atoms with Crippen LogP contribution in [0.1, 0.15) is 12.5 Å². The number of phenols is 1. The molecule has 4 N–H and O–H groups in total. The Morgan fingerprint density at radius 2 is 2.06 bits per heavy atom. The predicted molar refractivity (Wildman–Crippen MR) is 74.2 cm³/mol. The van der Waals surface area contributed by atoms with E-state index in [0.29, 0.717) is 17.0 Å². The molecule has 1 aromatic carbocycles. The van der Waals surface area contributed by atoms with E-state index in [9.17, 15) is 5.11 Å². The molecule has 0 aliphatic rings. The lowest BCUT2D eigenvalue weighted by Crippen LogP contribution is -2.04. The summed E-state index contributed by atoms with van der Waals surface area (Å²) in [6.07, 6.45) is 3.31. The van der Waals surface area contributed by atoms with Crippen LogP contribution in [0.4, 0.5) is 5.69 Å². The lowest BCUT2D eigenvalue weighted by Gasteiger charge is -2.04. The number of nitrogens with two attached hydrogens (primary N) is 1. The zero-order valence-corrected chi connectivity index (χ0v) is 10.3. The Morgan fingerprint density at radius 1 is 1.47 bits per heavy atom. The van der Waals surface area contributed by atoms with Crippen LogP contribution < -0.4 is 11.2 Å². The maximum atomic E-state index is 9.58. The minimum atomic E-state index is 0.0962. The molecule has 0 unspecified atom stereocenters. The van der Waals surface area contributed by atoms with Crippen molar-refractivity contribution in [3.05, 3.63) is 49.1 Å². The van der Waals surface area contributed by atoms with E-state index in [1.807, 2.05) is 6.92 Å². The quantitative estimate of drug-likeness (QED) is 0.324. The van der Waals surface area contributed by atoms with Gasteiger partial charge in [-0.1, -0.05) is 12.7 Å². The van der Waals surface area contributed by atoms with E-state index >= 15 is 0 Å². The smallest absolute Gasteiger partial charge is 0.127 e. The maximum Gasteiger partial charge on any atom is 0.127 e. The van der Waals surface area contributed by atoms with E-state index in [-0.39, 0.29) is 5.75 Å². The van der Waals surface area contributed by atoms with E-state index in [4.69, 9.17) is 5.73 Å². The third kappa shape index (κ3) is 4.88. The van der Waals surface area contributed by atoms with Crippen LogP contribution in [0.25, 0.3) is 0 Å². The summed E-state index contributed by atoms with van der Waals surface area (Å²) >= 11 is 0. The highest BCUT2D eigenvalue weighted by Gasteiger charge is 2.05. The Labute approximate surface area is 102 Å². The van der Waals surface area contributed by atoms with Gasteiger partial charge in [-0.3, -0.25) is 0 Å². The number of nitrogen functional groups attached to an aromatic ring is 1. The van der Waals surface area contributed by atoms with E-state index in [1.165, 1.54) is 6.07 Å². The number of aromatic hydroxyl groups is 1. The number of rotatable bonds is 3. The van der Waals surface area contributed by atoms with Gasteiger partial charge in [-0.05, 0) is 25.1 Å². The number of phenolic OH excluding ortho intramolecular Hbond substituents is 1.